The highest BCUT2D eigenvalue weighted by Gasteiger charge is 2.25. The van der Waals surface area contributed by atoms with Crippen molar-refractivity contribution >= 4 is 16.0 Å². The first-order chi connectivity index (χ1) is 12.3. The smallest absolute Gasteiger partial charge is 0.336 e. The van der Waals surface area contributed by atoms with Crippen LogP contribution >= 0.6 is 0 Å². The first-order valence-electron chi connectivity index (χ1n) is 8.57. The molecule has 0 atom stereocenters. The van der Waals surface area contributed by atoms with Crippen LogP contribution in [0.3, 0.4) is 0 Å². The molecule has 138 valence electrons. The number of hydrogen-bond acceptors (Lipinski definition) is 4. The second-order valence-electron chi connectivity index (χ2n) is 6.71. The van der Waals surface area contributed by atoms with Gasteiger partial charge in [-0.25, -0.2) is 17.5 Å². The molecule has 26 heavy (non-hydrogen) atoms. The van der Waals surface area contributed by atoms with Crippen molar-refractivity contribution in [3.8, 4) is 11.3 Å². The van der Waals surface area contributed by atoms with Crippen LogP contribution in [0.1, 0.15) is 28.8 Å². The minimum absolute atomic E-state index is 0.237. The Kier molecular flexibility index (Phi) is 5.38. The van der Waals surface area contributed by atoms with Crippen molar-refractivity contribution < 1.29 is 18.3 Å². The van der Waals surface area contributed by atoms with Crippen LogP contribution < -0.4 is 0 Å². The van der Waals surface area contributed by atoms with Gasteiger partial charge in [-0.1, -0.05) is 24.3 Å². The van der Waals surface area contributed by atoms with Crippen molar-refractivity contribution in [3.05, 3.63) is 53.7 Å². The molecule has 1 aromatic heterocycles. The monoisotopic (exact) mass is 374 g/mol. The number of hydrogen-bond donors (Lipinski definition) is 1. The summed E-state index contributed by atoms with van der Waals surface area (Å²) in [5.41, 5.74) is 2.56. The highest BCUT2D eigenvalue weighted by molar-refractivity contribution is 7.88. The fourth-order valence-electron chi connectivity index (χ4n) is 3.38. The van der Waals surface area contributed by atoms with Crippen molar-refractivity contribution in [2.24, 2.45) is 5.92 Å². The number of aromatic nitrogens is 1. The van der Waals surface area contributed by atoms with Crippen molar-refractivity contribution in [2.75, 3.05) is 19.3 Å². The molecule has 6 nitrogen and oxygen atoms in total. The largest absolute Gasteiger partial charge is 0.478 e. The van der Waals surface area contributed by atoms with E-state index < -0.39 is 16.0 Å². The van der Waals surface area contributed by atoms with E-state index in [4.69, 9.17) is 0 Å². The van der Waals surface area contributed by atoms with E-state index in [1.54, 1.807) is 30.5 Å². The van der Waals surface area contributed by atoms with E-state index in [0.717, 1.165) is 24.8 Å². The number of nitrogens with zero attached hydrogens (tertiary/aromatic N) is 2. The van der Waals surface area contributed by atoms with Gasteiger partial charge in [0.05, 0.1) is 17.5 Å². The van der Waals surface area contributed by atoms with E-state index in [9.17, 15) is 18.3 Å². The third-order valence-electron chi connectivity index (χ3n) is 4.83. The van der Waals surface area contributed by atoms with Gasteiger partial charge in [0.25, 0.3) is 0 Å². The van der Waals surface area contributed by atoms with Crippen LogP contribution in [0, 0.1) is 5.92 Å². The zero-order valence-electron chi connectivity index (χ0n) is 14.6. The van der Waals surface area contributed by atoms with Gasteiger partial charge in [-0.3, -0.25) is 4.98 Å². The standard InChI is InChI=1S/C19H22N2O4S/c1-26(24,25)21-10-8-14(9-11-21)12-15-6-7-18(20-13-15)16-4-2-3-5-17(16)19(22)23/h2-7,13-14H,8-12H2,1H3,(H,22,23). The summed E-state index contributed by atoms with van der Waals surface area (Å²) in [4.78, 5) is 15.8. The van der Waals surface area contributed by atoms with Gasteiger partial charge in [-0.15, -0.1) is 0 Å². The molecule has 7 heteroatoms. The van der Waals surface area contributed by atoms with Crippen molar-refractivity contribution in [2.45, 2.75) is 19.3 Å². The lowest BCUT2D eigenvalue weighted by atomic mass is 9.91. The number of benzene rings is 1. The van der Waals surface area contributed by atoms with Gasteiger partial charge in [0.15, 0.2) is 0 Å². The van der Waals surface area contributed by atoms with Gasteiger partial charge in [-0.05, 0) is 42.9 Å². The number of pyridine rings is 1. The normalized spacial score (nSPS) is 16.5. The Balaban J connectivity index is 1.67. The summed E-state index contributed by atoms with van der Waals surface area (Å²) in [6.45, 7) is 1.14. The molecule has 0 bridgehead atoms. The lowest BCUT2D eigenvalue weighted by Crippen LogP contribution is -2.38. The average Bonchev–Trinajstić information content (AvgIpc) is 2.62. The maximum absolute atomic E-state index is 11.6. The third-order valence-corrected chi connectivity index (χ3v) is 6.13. The molecule has 0 radical (unpaired) electrons. The van der Waals surface area contributed by atoms with E-state index in [-0.39, 0.29) is 5.56 Å². The molecule has 0 spiro atoms. The molecule has 1 aliphatic heterocycles. The van der Waals surface area contributed by atoms with Crippen LogP contribution in [0.5, 0.6) is 0 Å². The number of rotatable bonds is 5. The maximum Gasteiger partial charge on any atom is 0.336 e. The molecule has 0 aliphatic carbocycles. The second-order valence-corrected chi connectivity index (χ2v) is 8.69. The third kappa shape index (κ3) is 4.28. The van der Waals surface area contributed by atoms with Gasteiger partial charge in [0.2, 0.25) is 10.0 Å². The Labute approximate surface area is 153 Å². The molecule has 1 fully saturated rings. The van der Waals surface area contributed by atoms with E-state index in [1.807, 2.05) is 12.1 Å². The number of carbonyl (C=O) groups is 1. The number of sulfonamides is 1. The van der Waals surface area contributed by atoms with Crippen molar-refractivity contribution in [1.82, 2.24) is 9.29 Å². The molecular formula is C19H22N2O4S. The fraction of sp³-hybridized carbons (Fsp3) is 0.368. The molecular weight excluding hydrogens is 352 g/mol. The SMILES string of the molecule is CS(=O)(=O)N1CCC(Cc2ccc(-c3ccccc3C(=O)O)nc2)CC1. The zero-order chi connectivity index (χ0) is 18.7. The molecule has 1 aliphatic rings. The Morgan fingerprint density at radius 3 is 2.46 bits per heavy atom. The number of aromatic carboxylic acids is 1. The summed E-state index contributed by atoms with van der Waals surface area (Å²) < 4.78 is 24.7. The van der Waals surface area contributed by atoms with E-state index >= 15 is 0 Å². The molecule has 0 amide bonds. The predicted octanol–water partition coefficient (Wildman–Crippen LogP) is 2.66. The molecule has 2 heterocycles. The first kappa shape index (κ1) is 18.5. The summed E-state index contributed by atoms with van der Waals surface area (Å²) in [6.07, 6.45) is 5.58. The van der Waals surface area contributed by atoms with E-state index in [2.05, 4.69) is 4.98 Å². The number of carboxylic acids is 1. The highest BCUT2D eigenvalue weighted by Crippen LogP contribution is 2.25. The lowest BCUT2D eigenvalue weighted by molar-refractivity contribution is 0.0697. The lowest BCUT2D eigenvalue weighted by Gasteiger charge is -2.30. The fourth-order valence-corrected chi connectivity index (χ4v) is 4.25. The van der Waals surface area contributed by atoms with Crippen LogP contribution in [0.25, 0.3) is 11.3 Å². The number of carboxylic acid groups (broad SMARTS) is 1. The Morgan fingerprint density at radius 2 is 1.88 bits per heavy atom. The minimum Gasteiger partial charge on any atom is -0.478 e. The molecule has 1 N–H and O–H groups in total. The Hall–Kier alpha value is -2.25. The average molecular weight is 374 g/mol. The molecule has 0 unspecified atom stereocenters. The van der Waals surface area contributed by atoms with Gasteiger partial charge in [0.1, 0.15) is 0 Å². The van der Waals surface area contributed by atoms with Crippen LogP contribution in [0.4, 0.5) is 0 Å². The predicted molar refractivity (Wildman–Crippen MR) is 99.5 cm³/mol. The summed E-state index contributed by atoms with van der Waals surface area (Å²) in [5.74, 6) is -0.531. The number of piperidine rings is 1. The summed E-state index contributed by atoms with van der Waals surface area (Å²) in [6, 6.07) is 10.7. The van der Waals surface area contributed by atoms with E-state index in [0.29, 0.717) is 30.3 Å². The van der Waals surface area contributed by atoms with Gasteiger partial charge in [0, 0.05) is 24.8 Å². The summed E-state index contributed by atoms with van der Waals surface area (Å²) in [5, 5.41) is 9.30. The van der Waals surface area contributed by atoms with Crippen LogP contribution in [-0.2, 0) is 16.4 Å². The van der Waals surface area contributed by atoms with Crippen LogP contribution in [-0.4, -0.2) is 48.1 Å². The first-order valence-corrected chi connectivity index (χ1v) is 10.4. The molecule has 0 saturated carbocycles. The molecule has 2 aromatic rings. The van der Waals surface area contributed by atoms with Gasteiger partial charge < -0.3 is 5.11 Å². The second kappa shape index (κ2) is 7.55. The highest BCUT2D eigenvalue weighted by atomic mass is 32.2. The van der Waals surface area contributed by atoms with Crippen LogP contribution in [0.15, 0.2) is 42.6 Å². The van der Waals surface area contributed by atoms with Gasteiger partial charge >= 0.3 is 5.97 Å². The summed E-state index contributed by atoms with van der Waals surface area (Å²) >= 11 is 0. The van der Waals surface area contributed by atoms with Gasteiger partial charge in [-0.2, -0.15) is 0 Å². The quantitative estimate of drug-likeness (QED) is 0.869. The minimum atomic E-state index is -3.10. The van der Waals surface area contributed by atoms with E-state index in [1.165, 1.54) is 10.6 Å². The topological polar surface area (TPSA) is 87.6 Å². The Bertz CT molecular complexity index is 886. The maximum atomic E-state index is 11.6. The zero-order valence-corrected chi connectivity index (χ0v) is 15.4. The molecule has 1 saturated heterocycles. The van der Waals surface area contributed by atoms with Crippen LogP contribution in [0.2, 0.25) is 0 Å². The summed E-state index contributed by atoms with van der Waals surface area (Å²) in [7, 11) is -3.10. The molecule has 3 rings (SSSR count). The Morgan fingerprint density at radius 1 is 1.19 bits per heavy atom. The van der Waals surface area contributed by atoms with Crippen molar-refractivity contribution in [1.29, 1.82) is 0 Å². The van der Waals surface area contributed by atoms with Crippen molar-refractivity contribution in [3.63, 3.8) is 0 Å². The molecule has 1 aromatic carbocycles.